The Hall–Kier alpha value is -3.10. The van der Waals surface area contributed by atoms with Crippen LogP contribution in [0.15, 0.2) is 36.4 Å². The molecule has 192 valence electrons. The molecule has 1 aromatic heterocycles. The number of rotatable bonds is 4. The SMILES string of the molecule is O=C(Cc1n[nH]c2ccccc12)N1CCC2(O)C3Cc4ccc(O)c5c4C2(CCN3CC2CC2)[C@H](C1)O5. The average molecular weight is 501 g/mol. The predicted octanol–water partition coefficient (Wildman–Crippen LogP) is 2.51. The monoisotopic (exact) mass is 500 g/mol. The number of carbonyl (C=O) groups excluding carboxylic acids is 1. The fraction of sp³-hybridized carbons (Fsp3) is 0.517. The number of phenolic OH excluding ortho intramolecular Hbond substituents is 1. The number of aromatic amines is 1. The van der Waals surface area contributed by atoms with Gasteiger partial charge in [0.05, 0.1) is 35.2 Å². The molecule has 1 spiro atoms. The van der Waals surface area contributed by atoms with Crippen LogP contribution in [-0.4, -0.2) is 80.0 Å². The zero-order valence-electron chi connectivity index (χ0n) is 20.8. The highest BCUT2D eigenvalue weighted by Crippen LogP contribution is 2.63. The number of hydrogen-bond donors (Lipinski definition) is 3. The molecule has 2 bridgehead atoms. The number of amides is 1. The van der Waals surface area contributed by atoms with Crippen molar-refractivity contribution in [1.82, 2.24) is 20.0 Å². The lowest BCUT2D eigenvalue weighted by atomic mass is 9.52. The minimum Gasteiger partial charge on any atom is -0.504 e. The molecule has 3 aromatic rings. The molecule has 0 radical (unpaired) electrons. The first kappa shape index (κ1) is 21.9. The van der Waals surface area contributed by atoms with Crippen LogP contribution in [0, 0.1) is 5.92 Å². The van der Waals surface area contributed by atoms with E-state index in [4.69, 9.17) is 4.74 Å². The normalized spacial score (nSPS) is 32.2. The number of likely N-dealkylation sites (tertiary alicyclic amines) is 2. The van der Waals surface area contributed by atoms with Crippen LogP contribution < -0.4 is 4.74 Å². The van der Waals surface area contributed by atoms with Crippen molar-refractivity contribution in [2.45, 2.75) is 61.7 Å². The van der Waals surface area contributed by atoms with Crippen LogP contribution in [0.5, 0.6) is 11.5 Å². The minimum absolute atomic E-state index is 0.00992. The standard InChI is InChI=1S/C29H32N4O4/c34-22-8-7-18-13-23-29(36)10-12-33(25(35)14-21-19-3-1-2-4-20(19)30-31-21)16-24-28(29,26(18)27(22)37-24)9-11-32(23)15-17-5-6-17/h1-4,7-8,17,23-24,34,36H,5-6,9-16H2,(H,30,31)/t23?,24-,28?,29?/m0/s1. The van der Waals surface area contributed by atoms with Gasteiger partial charge in [0.2, 0.25) is 5.91 Å². The van der Waals surface area contributed by atoms with Crippen LogP contribution in [0.3, 0.4) is 0 Å². The third-order valence-electron chi connectivity index (χ3n) is 10.0. The van der Waals surface area contributed by atoms with Gasteiger partial charge >= 0.3 is 0 Å². The van der Waals surface area contributed by atoms with Gasteiger partial charge in [-0.15, -0.1) is 0 Å². The molecule has 3 aliphatic heterocycles. The molecule has 37 heavy (non-hydrogen) atoms. The van der Waals surface area contributed by atoms with Gasteiger partial charge in [-0.05, 0) is 62.3 Å². The summed E-state index contributed by atoms with van der Waals surface area (Å²) in [6, 6.07) is 11.6. The van der Waals surface area contributed by atoms with Crippen molar-refractivity contribution in [3.05, 3.63) is 53.2 Å². The van der Waals surface area contributed by atoms with Gasteiger partial charge in [0.1, 0.15) is 6.10 Å². The quantitative estimate of drug-likeness (QED) is 0.509. The lowest BCUT2D eigenvalue weighted by molar-refractivity contribution is -0.162. The molecule has 3 fully saturated rings. The molecule has 3 unspecified atom stereocenters. The zero-order chi connectivity index (χ0) is 24.9. The Balaban J connectivity index is 1.18. The van der Waals surface area contributed by atoms with E-state index in [2.05, 4.69) is 15.1 Å². The molecule has 8 rings (SSSR count). The van der Waals surface area contributed by atoms with Crippen molar-refractivity contribution in [3.8, 4) is 11.5 Å². The van der Waals surface area contributed by atoms with E-state index in [0.717, 1.165) is 54.0 Å². The summed E-state index contributed by atoms with van der Waals surface area (Å²) < 4.78 is 6.52. The van der Waals surface area contributed by atoms with Crippen molar-refractivity contribution < 1.29 is 19.7 Å². The zero-order valence-corrected chi connectivity index (χ0v) is 20.8. The van der Waals surface area contributed by atoms with Gasteiger partial charge in [0.15, 0.2) is 11.5 Å². The molecule has 1 amide bonds. The van der Waals surface area contributed by atoms with Gasteiger partial charge in [-0.3, -0.25) is 14.8 Å². The first-order chi connectivity index (χ1) is 18.0. The number of nitrogens with one attached hydrogen (secondary N) is 1. The minimum atomic E-state index is -1.02. The second-order valence-electron chi connectivity index (χ2n) is 11.8. The summed E-state index contributed by atoms with van der Waals surface area (Å²) in [5, 5.41) is 31.9. The smallest absolute Gasteiger partial charge is 0.228 e. The van der Waals surface area contributed by atoms with Gasteiger partial charge in [0.25, 0.3) is 0 Å². The first-order valence-electron chi connectivity index (χ1n) is 13.7. The van der Waals surface area contributed by atoms with Gasteiger partial charge in [0, 0.05) is 30.1 Å². The number of ether oxygens (including phenoxy) is 1. The maximum absolute atomic E-state index is 13.7. The number of benzene rings is 2. The summed E-state index contributed by atoms with van der Waals surface area (Å²) in [5.41, 5.74) is 2.19. The molecule has 1 saturated carbocycles. The highest BCUT2D eigenvalue weighted by molar-refractivity contribution is 5.87. The van der Waals surface area contributed by atoms with Crippen LogP contribution in [0.2, 0.25) is 0 Å². The van der Waals surface area contributed by atoms with Gasteiger partial charge in [-0.2, -0.15) is 5.10 Å². The second-order valence-corrected chi connectivity index (χ2v) is 11.8. The van der Waals surface area contributed by atoms with Crippen LogP contribution >= 0.6 is 0 Å². The number of para-hydroxylation sites is 1. The number of aromatic nitrogens is 2. The molecular formula is C29H32N4O4. The highest BCUT2D eigenvalue weighted by Gasteiger charge is 2.71. The molecule has 2 aromatic carbocycles. The number of H-pyrrole nitrogens is 1. The number of carbonyl (C=O) groups is 1. The van der Waals surface area contributed by atoms with E-state index in [1.54, 1.807) is 6.07 Å². The Labute approximate surface area is 215 Å². The van der Waals surface area contributed by atoms with Crippen LogP contribution in [-0.2, 0) is 23.1 Å². The van der Waals surface area contributed by atoms with E-state index in [1.807, 2.05) is 35.2 Å². The number of fused-ring (bicyclic) bond motifs is 1. The summed E-state index contributed by atoms with van der Waals surface area (Å²) in [6.07, 6.45) is 4.37. The van der Waals surface area contributed by atoms with Crippen molar-refractivity contribution in [1.29, 1.82) is 0 Å². The molecule has 8 nitrogen and oxygen atoms in total. The summed E-state index contributed by atoms with van der Waals surface area (Å²) in [6.45, 7) is 2.82. The Morgan fingerprint density at radius 1 is 1.16 bits per heavy atom. The van der Waals surface area contributed by atoms with E-state index in [9.17, 15) is 15.0 Å². The van der Waals surface area contributed by atoms with E-state index in [0.29, 0.717) is 25.3 Å². The second kappa shape index (κ2) is 7.48. The first-order valence-corrected chi connectivity index (χ1v) is 13.7. The Kier molecular flexibility index (Phi) is 4.43. The average Bonchev–Trinajstić information content (AvgIpc) is 3.55. The molecule has 2 aliphatic carbocycles. The number of phenols is 1. The molecule has 3 N–H and O–H groups in total. The molecule has 8 heteroatoms. The van der Waals surface area contributed by atoms with Crippen molar-refractivity contribution in [2.75, 3.05) is 26.2 Å². The summed E-state index contributed by atoms with van der Waals surface area (Å²) in [4.78, 5) is 18.1. The summed E-state index contributed by atoms with van der Waals surface area (Å²) in [5.74, 6) is 1.37. The Morgan fingerprint density at radius 3 is 2.89 bits per heavy atom. The molecule has 4 heterocycles. The number of aliphatic hydroxyl groups is 1. The van der Waals surface area contributed by atoms with E-state index >= 15 is 0 Å². The predicted molar refractivity (Wildman–Crippen MR) is 137 cm³/mol. The number of aromatic hydroxyl groups is 1. The van der Waals surface area contributed by atoms with Crippen LogP contribution in [0.4, 0.5) is 0 Å². The summed E-state index contributed by atoms with van der Waals surface area (Å²) in [7, 11) is 0. The fourth-order valence-corrected chi connectivity index (χ4v) is 8.04. The van der Waals surface area contributed by atoms with Crippen molar-refractivity contribution in [3.63, 3.8) is 0 Å². The largest absolute Gasteiger partial charge is 0.504 e. The van der Waals surface area contributed by atoms with E-state index in [-0.39, 0.29) is 24.1 Å². The van der Waals surface area contributed by atoms with Crippen molar-refractivity contribution >= 4 is 16.8 Å². The maximum Gasteiger partial charge on any atom is 0.228 e. The highest BCUT2D eigenvalue weighted by atomic mass is 16.5. The van der Waals surface area contributed by atoms with E-state index in [1.165, 1.54) is 18.4 Å². The Bertz CT molecular complexity index is 1430. The van der Waals surface area contributed by atoms with Gasteiger partial charge < -0.3 is 19.8 Å². The molecule has 2 saturated heterocycles. The topological polar surface area (TPSA) is 102 Å². The Morgan fingerprint density at radius 2 is 2.03 bits per heavy atom. The van der Waals surface area contributed by atoms with Crippen LogP contribution in [0.25, 0.3) is 10.9 Å². The lowest BCUT2D eigenvalue weighted by Gasteiger charge is -2.60. The lowest BCUT2D eigenvalue weighted by Crippen LogP contribution is -2.74. The maximum atomic E-state index is 13.7. The third kappa shape index (κ3) is 2.91. The van der Waals surface area contributed by atoms with Crippen LogP contribution in [0.1, 0.15) is 42.5 Å². The van der Waals surface area contributed by atoms with Gasteiger partial charge in [-0.25, -0.2) is 0 Å². The number of piperidine rings is 1. The number of nitrogens with zero attached hydrogens (tertiary/aromatic N) is 3. The van der Waals surface area contributed by atoms with Crippen molar-refractivity contribution in [2.24, 2.45) is 5.92 Å². The molecular weight excluding hydrogens is 468 g/mol. The van der Waals surface area contributed by atoms with Gasteiger partial charge in [-0.1, -0.05) is 24.3 Å². The fourth-order valence-electron chi connectivity index (χ4n) is 8.04. The molecule has 4 atom stereocenters. The third-order valence-corrected chi connectivity index (χ3v) is 10.0. The molecule has 5 aliphatic rings. The van der Waals surface area contributed by atoms with E-state index < -0.39 is 17.1 Å². The summed E-state index contributed by atoms with van der Waals surface area (Å²) >= 11 is 0. The number of hydrogen-bond acceptors (Lipinski definition) is 6.